The van der Waals surface area contributed by atoms with E-state index in [1.165, 1.54) is 6.92 Å². The lowest BCUT2D eigenvalue weighted by Gasteiger charge is -2.05. The molecule has 0 aliphatic heterocycles. The van der Waals surface area contributed by atoms with E-state index < -0.39 is 0 Å². The molecule has 0 radical (unpaired) electrons. The molecule has 0 saturated carbocycles. The Hall–Kier alpha value is -2.42. The number of esters is 1. The van der Waals surface area contributed by atoms with Gasteiger partial charge in [0.05, 0.1) is 5.56 Å². The Morgan fingerprint density at radius 3 is 2.05 bits per heavy atom. The summed E-state index contributed by atoms with van der Waals surface area (Å²) in [5.74, 6) is -0.414. The number of carbonyl (C=O) groups excluding carboxylic acids is 2. The van der Waals surface area contributed by atoms with Gasteiger partial charge in [0.2, 0.25) is 0 Å². The molecule has 0 spiro atoms. The van der Waals surface area contributed by atoms with Crippen LogP contribution in [0.1, 0.15) is 33.2 Å². The highest BCUT2D eigenvalue weighted by atomic mass is 16.5. The summed E-state index contributed by atoms with van der Waals surface area (Å²) in [6.07, 6.45) is 0. The Labute approximate surface area is 111 Å². The Balaban J connectivity index is 1.98. The van der Waals surface area contributed by atoms with Crippen LogP contribution in [0.15, 0.2) is 54.6 Å². The molecule has 0 heterocycles. The summed E-state index contributed by atoms with van der Waals surface area (Å²) in [7, 11) is 0. The first-order valence-electron chi connectivity index (χ1n) is 5.99. The van der Waals surface area contributed by atoms with Crippen molar-refractivity contribution in [2.24, 2.45) is 0 Å². The second kappa shape index (κ2) is 5.96. The van der Waals surface area contributed by atoms with Gasteiger partial charge in [0, 0.05) is 5.56 Å². The topological polar surface area (TPSA) is 43.4 Å². The SMILES string of the molecule is CC(=O)c1ccc(C(=O)OCc2ccccc2)cc1. The van der Waals surface area contributed by atoms with E-state index in [1.54, 1.807) is 24.3 Å². The van der Waals surface area contributed by atoms with Crippen molar-refractivity contribution in [1.29, 1.82) is 0 Å². The van der Waals surface area contributed by atoms with Gasteiger partial charge in [-0.2, -0.15) is 0 Å². The molecular formula is C16H14O3. The molecule has 0 N–H and O–H groups in total. The van der Waals surface area contributed by atoms with Crippen molar-refractivity contribution < 1.29 is 14.3 Å². The minimum Gasteiger partial charge on any atom is -0.457 e. The highest BCUT2D eigenvalue weighted by Crippen LogP contribution is 2.08. The Kier molecular flexibility index (Phi) is 4.08. The molecule has 2 rings (SSSR count). The van der Waals surface area contributed by atoms with Crippen LogP contribution in [0.3, 0.4) is 0 Å². The lowest BCUT2D eigenvalue weighted by Crippen LogP contribution is -2.05. The molecule has 0 fully saturated rings. The van der Waals surface area contributed by atoms with Gasteiger partial charge in [-0.1, -0.05) is 42.5 Å². The highest BCUT2D eigenvalue weighted by Gasteiger charge is 2.08. The number of hydrogen-bond acceptors (Lipinski definition) is 3. The first kappa shape index (κ1) is 13.0. The maximum absolute atomic E-state index is 11.8. The van der Waals surface area contributed by atoms with Gasteiger partial charge < -0.3 is 4.74 Å². The smallest absolute Gasteiger partial charge is 0.338 e. The van der Waals surface area contributed by atoms with Gasteiger partial charge in [0.15, 0.2) is 5.78 Å². The molecule has 0 unspecified atom stereocenters. The van der Waals surface area contributed by atoms with Crippen molar-refractivity contribution in [1.82, 2.24) is 0 Å². The third-order valence-electron chi connectivity index (χ3n) is 2.74. The molecule has 0 bridgehead atoms. The maximum atomic E-state index is 11.8. The molecule has 0 atom stereocenters. The van der Waals surface area contributed by atoms with Crippen LogP contribution in [0.5, 0.6) is 0 Å². The van der Waals surface area contributed by atoms with E-state index in [4.69, 9.17) is 4.74 Å². The average Bonchev–Trinajstić information content (AvgIpc) is 2.46. The van der Waals surface area contributed by atoms with Crippen LogP contribution >= 0.6 is 0 Å². The van der Waals surface area contributed by atoms with Crippen LogP contribution in [0, 0.1) is 0 Å². The van der Waals surface area contributed by atoms with Gasteiger partial charge in [0.1, 0.15) is 6.61 Å². The lowest BCUT2D eigenvalue weighted by atomic mass is 10.1. The zero-order valence-corrected chi connectivity index (χ0v) is 10.6. The van der Waals surface area contributed by atoms with E-state index in [0.29, 0.717) is 11.1 Å². The minimum atomic E-state index is -0.390. The van der Waals surface area contributed by atoms with Crippen molar-refractivity contribution >= 4 is 11.8 Å². The van der Waals surface area contributed by atoms with Crippen LogP contribution in [0.4, 0.5) is 0 Å². The molecule has 3 nitrogen and oxygen atoms in total. The standard InChI is InChI=1S/C16H14O3/c1-12(17)14-7-9-15(10-8-14)16(18)19-11-13-5-3-2-4-6-13/h2-10H,11H2,1H3. The van der Waals surface area contributed by atoms with Crippen LogP contribution in [0.25, 0.3) is 0 Å². The molecular weight excluding hydrogens is 240 g/mol. The van der Waals surface area contributed by atoms with Gasteiger partial charge in [-0.05, 0) is 24.6 Å². The van der Waals surface area contributed by atoms with Gasteiger partial charge in [-0.3, -0.25) is 4.79 Å². The maximum Gasteiger partial charge on any atom is 0.338 e. The second-order valence-electron chi connectivity index (χ2n) is 4.20. The van der Waals surface area contributed by atoms with Gasteiger partial charge in [0.25, 0.3) is 0 Å². The summed E-state index contributed by atoms with van der Waals surface area (Å²) < 4.78 is 5.19. The van der Waals surface area contributed by atoms with Crippen LogP contribution < -0.4 is 0 Å². The largest absolute Gasteiger partial charge is 0.457 e. The van der Waals surface area contributed by atoms with Crippen molar-refractivity contribution in [3.8, 4) is 0 Å². The van der Waals surface area contributed by atoms with Crippen LogP contribution in [0.2, 0.25) is 0 Å². The predicted molar refractivity (Wildman–Crippen MR) is 72.0 cm³/mol. The van der Waals surface area contributed by atoms with Gasteiger partial charge in [-0.25, -0.2) is 4.79 Å². The third-order valence-corrected chi connectivity index (χ3v) is 2.74. The molecule has 0 aliphatic rings. The number of hydrogen-bond donors (Lipinski definition) is 0. The zero-order chi connectivity index (χ0) is 13.7. The monoisotopic (exact) mass is 254 g/mol. The third kappa shape index (κ3) is 3.52. The zero-order valence-electron chi connectivity index (χ0n) is 10.6. The molecule has 0 amide bonds. The summed E-state index contributed by atoms with van der Waals surface area (Å²) in [6.45, 7) is 1.73. The summed E-state index contributed by atoms with van der Waals surface area (Å²) in [6, 6.07) is 15.9. The van der Waals surface area contributed by atoms with E-state index >= 15 is 0 Å². The predicted octanol–water partition coefficient (Wildman–Crippen LogP) is 3.25. The quantitative estimate of drug-likeness (QED) is 0.621. The van der Waals surface area contributed by atoms with Crippen LogP contribution in [-0.4, -0.2) is 11.8 Å². The summed E-state index contributed by atoms with van der Waals surface area (Å²) in [5, 5.41) is 0. The molecule has 96 valence electrons. The number of carbonyl (C=O) groups is 2. The van der Waals surface area contributed by atoms with Gasteiger partial charge in [-0.15, -0.1) is 0 Å². The lowest BCUT2D eigenvalue weighted by molar-refractivity contribution is 0.0472. The molecule has 2 aromatic carbocycles. The van der Waals surface area contributed by atoms with E-state index in [0.717, 1.165) is 5.56 Å². The summed E-state index contributed by atoms with van der Waals surface area (Å²) in [4.78, 5) is 22.9. The number of Topliss-reactive ketones (excluding diaryl/α,β-unsaturated/α-hetero) is 1. The number of rotatable bonds is 4. The Morgan fingerprint density at radius 2 is 1.47 bits per heavy atom. The Bertz CT molecular complexity index is 571. The van der Waals surface area contributed by atoms with Crippen molar-refractivity contribution in [2.75, 3.05) is 0 Å². The molecule has 2 aromatic rings. The number of benzene rings is 2. The van der Waals surface area contributed by atoms with Crippen molar-refractivity contribution in [3.63, 3.8) is 0 Å². The fourth-order valence-electron chi connectivity index (χ4n) is 1.65. The van der Waals surface area contributed by atoms with Crippen molar-refractivity contribution in [3.05, 3.63) is 71.3 Å². The van der Waals surface area contributed by atoms with Gasteiger partial charge >= 0.3 is 5.97 Å². The first-order valence-corrected chi connectivity index (χ1v) is 5.99. The van der Waals surface area contributed by atoms with Crippen LogP contribution in [-0.2, 0) is 11.3 Å². The van der Waals surface area contributed by atoms with E-state index in [1.807, 2.05) is 30.3 Å². The first-order chi connectivity index (χ1) is 9.16. The second-order valence-corrected chi connectivity index (χ2v) is 4.20. The van der Waals surface area contributed by atoms with Crippen molar-refractivity contribution in [2.45, 2.75) is 13.5 Å². The fraction of sp³-hybridized carbons (Fsp3) is 0.125. The summed E-state index contributed by atoms with van der Waals surface area (Å²) in [5.41, 5.74) is 1.97. The fourth-order valence-corrected chi connectivity index (χ4v) is 1.65. The van der Waals surface area contributed by atoms with E-state index in [9.17, 15) is 9.59 Å². The Morgan fingerprint density at radius 1 is 0.895 bits per heavy atom. The molecule has 0 aliphatic carbocycles. The average molecular weight is 254 g/mol. The molecule has 0 aromatic heterocycles. The van der Waals surface area contributed by atoms with E-state index in [-0.39, 0.29) is 18.4 Å². The molecule has 3 heteroatoms. The minimum absolute atomic E-state index is 0.0239. The normalized spacial score (nSPS) is 9.95. The molecule has 0 saturated heterocycles. The number of ketones is 1. The highest BCUT2D eigenvalue weighted by molar-refractivity contribution is 5.96. The summed E-state index contributed by atoms with van der Waals surface area (Å²) >= 11 is 0. The van der Waals surface area contributed by atoms with E-state index in [2.05, 4.69) is 0 Å². The number of ether oxygens (including phenoxy) is 1. The molecule has 19 heavy (non-hydrogen) atoms.